The van der Waals surface area contributed by atoms with Gasteiger partial charge in [0.25, 0.3) is 0 Å². The van der Waals surface area contributed by atoms with Gasteiger partial charge in [-0.3, -0.25) is 14.1 Å². The summed E-state index contributed by atoms with van der Waals surface area (Å²) in [6.07, 6.45) is 0.439. The zero-order valence-corrected chi connectivity index (χ0v) is 14.5. The molecule has 0 heterocycles. The highest BCUT2D eigenvalue weighted by Gasteiger charge is 2.34. The fourth-order valence-electron chi connectivity index (χ4n) is 2.00. The number of hydrogen-bond acceptors (Lipinski definition) is 6. The van der Waals surface area contributed by atoms with E-state index in [-0.39, 0.29) is 25.1 Å². The quantitative estimate of drug-likeness (QED) is 0.368. The number of methoxy groups -OCH3 is 1. The van der Waals surface area contributed by atoms with Crippen LogP contribution in [0, 0.1) is 17.3 Å². The topological polar surface area (TPSA) is 119 Å². The van der Waals surface area contributed by atoms with Crippen molar-refractivity contribution >= 4 is 19.8 Å². The molecule has 0 aromatic rings. The number of phosphoric ester groups is 1. The molecule has 0 aliphatic rings. The maximum atomic E-state index is 11.8. The van der Waals surface area contributed by atoms with Crippen LogP contribution in [0.25, 0.3) is 0 Å². The summed E-state index contributed by atoms with van der Waals surface area (Å²) in [5.41, 5.74) is -0.716. The third kappa shape index (κ3) is 7.89. The van der Waals surface area contributed by atoms with Crippen molar-refractivity contribution in [3.63, 3.8) is 0 Å². The van der Waals surface area contributed by atoms with Gasteiger partial charge in [-0.2, -0.15) is 0 Å². The lowest BCUT2D eigenvalue weighted by molar-refractivity contribution is -0.155. The molecule has 0 aliphatic heterocycles. The first kappa shape index (κ1) is 21.0. The van der Waals surface area contributed by atoms with Gasteiger partial charge in [-0.15, -0.1) is 0 Å². The van der Waals surface area contributed by atoms with Gasteiger partial charge in [0.1, 0.15) is 6.61 Å². The molecule has 0 saturated heterocycles. The molecule has 2 unspecified atom stereocenters. The second-order valence-electron chi connectivity index (χ2n) is 5.84. The van der Waals surface area contributed by atoms with Crippen molar-refractivity contribution in [2.24, 2.45) is 17.3 Å². The molecule has 130 valence electrons. The van der Waals surface area contributed by atoms with Gasteiger partial charge in [-0.1, -0.05) is 13.8 Å². The van der Waals surface area contributed by atoms with Crippen LogP contribution < -0.4 is 0 Å². The Kier molecular flexibility index (Phi) is 8.25. The van der Waals surface area contributed by atoms with Crippen LogP contribution >= 0.6 is 7.82 Å². The normalized spacial score (nSPS) is 15.0. The molecule has 0 aromatic carbocycles. The summed E-state index contributed by atoms with van der Waals surface area (Å²) in [4.78, 5) is 40.5. The van der Waals surface area contributed by atoms with E-state index < -0.39 is 25.1 Å². The van der Waals surface area contributed by atoms with Gasteiger partial charge in [-0.25, -0.2) is 4.57 Å². The molecule has 9 heteroatoms. The average molecular weight is 340 g/mol. The molecule has 0 spiro atoms. The molecule has 22 heavy (non-hydrogen) atoms. The summed E-state index contributed by atoms with van der Waals surface area (Å²) in [6, 6.07) is 0. The molecule has 0 fully saturated rings. The van der Waals surface area contributed by atoms with Crippen LogP contribution in [0.15, 0.2) is 0 Å². The zero-order chi connectivity index (χ0) is 17.6. The van der Waals surface area contributed by atoms with Crippen molar-refractivity contribution in [2.45, 2.75) is 34.1 Å². The van der Waals surface area contributed by atoms with Crippen LogP contribution in [0.5, 0.6) is 0 Å². The fourth-order valence-corrected chi connectivity index (χ4v) is 2.32. The first-order chi connectivity index (χ1) is 9.90. The van der Waals surface area contributed by atoms with Gasteiger partial charge >= 0.3 is 19.8 Å². The summed E-state index contributed by atoms with van der Waals surface area (Å²) >= 11 is 0. The Hall–Kier alpha value is -0.950. The van der Waals surface area contributed by atoms with Crippen LogP contribution in [-0.4, -0.2) is 42.0 Å². The monoisotopic (exact) mass is 340 g/mol. The van der Waals surface area contributed by atoms with Gasteiger partial charge in [-0.05, 0) is 26.2 Å². The van der Waals surface area contributed by atoms with Gasteiger partial charge in [0.05, 0.1) is 25.0 Å². The van der Waals surface area contributed by atoms with Crippen LogP contribution in [0.2, 0.25) is 0 Å². The SMILES string of the molecule is COC(=O)C(C)(C)CC(C)C(C)C(=O)OCCOP(=O)(O)O. The van der Waals surface area contributed by atoms with E-state index in [2.05, 4.69) is 4.52 Å². The lowest BCUT2D eigenvalue weighted by Crippen LogP contribution is -2.32. The molecule has 2 atom stereocenters. The Morgan fingerprint density at radius 2 is 1.73 bits per heavy atom. The Labute approximate surface area is 130 Å². The van der Waals surface area contributed by atoms with Crippen LogP contribution in [0.1, 0.15) is 34.1 Å². The van der Waals surface area contributed by atoms with E-state index in [0.29, 0.717) is 6.42 Å². The van der Waals surface area contributed by atoms with E-state index in [1.807, 2.05) is 6.92 Å². The number of esters is 2. The number of rotatable bonds is 9. The van der Waals surface area contributed by atoms with Crippen molar-refractivity contribution in [3.8, 4) is 0 Å². The molecule has 0 rings (SSSR count). The van der Waals surface area contributed by atoms with E-state index in [4.69, 9.17) is 19.3 Å². The summed E-state index contributed by atoms with van der Waals surface area (Å²) in [7, 11) is -3.24. The molecular weight excluding hydrogens is 315 g/mol. The highest BCUT2D eigenvalue weighted by atomic mass is 31.2. The number of carbonyl (C=O) groups excluding carboxylic acids is 2. The molecule has 0 bridgehead atoms. The first-order valence-corrected chi connectivity index (χ1v) is 8.39. The number of hydrogen-bond donors (Lipinski definition) is 2. The van der Waals surface area contributed by atoms with E-state index in [1.54, 1.807) is 20.8 Å². The average Bonchev–Trinajstić information content (AvgIpc) is 2.39. The van der Waals surface area contributed by atoms with E-state index in [9.17, 15) is 14.2 Å². The van der Waals surface area contributed by atoms with Gasteiger partial charge in [0.2, 0.25) is 0 Å². The molecule has 0 aromatic heterocycles. The summed E-state index contributed by atoms with van der Waals surface area (Å²) in [5.74, 6) is -1.47. The van der Waals surface area contributed by atoms with Crippen molar-refractivity contribution < 1.29 is 37.9 Å². The lowest BCUT2D eigenvalue weighted by Gasteiger charge is -2.27. The van der Waals surface area contributed by atoms with E-state index >= 15 is 0 Å². The van der Waals surface area contributed by atoms with Crippen molar-refractivity contribution in [1.29, 1.82) is 0 Å². The van der Waals surface area contributed by atoms with Gasteiger partial charge in [0, 0.05) is 0 Å². The number of phosphoric acid groups is 1. The van der Waals surface area contributed by atoms with Crippen molar-refractivity contribution in [1.82, 2.24) is 0 Å². The Morgan fingerprint density at radius 3 is 2.18 bits per heavy atom. The minimum atomic E-state index is -4.55. The largest absolute Gasteiger partial charge is 0.469 e. The predicted octanol–water partition coefficient (Wildman–Crippen LogP) is 1.50. The summed E-state index contributed by atoms with van der Waals surface area (Å²) < 4.78 is 24.2. The smallest absolute Gasteiger partial charge is 0.469 e. The number of ether oxygens (including phenoxy) is 2. The Morgan fingerprint density at radius 1 is 1.18 bits per heavy atom. The maximum Gasteiger partial charge on any atom is 0.469 e. The molecule has 8 nitrogen and oxygen atoms in total. The predicted molar refractivity (Wildman–Crippen MR) is 77.7 cm³/mol. The zero-order valence-electron chi connectivity index (χ0n) is 13.6. The molecule has 0 aliphatic carbocycles. The second kappa shape index (κ2) is 8.62. The Bertz CT molecular complexity index is 428. The van der Waals surface area contributed by atoms with Gasteiger partial charge < -0.3 is 19.3 Å². The standard InChI is InChI=1S/C13H25O8P/c1-9(8-13(3,4)12(15)19-5)10(2)11(14)20-6-7-21-22(16,17)18/h9-10H,6-8H2,1-5H3,(H2,16,17,18). The van der Waals surface area contributed by atoms with E-state index in [0.717, 1.165) is 0 Å². The van der Waals surface area contributed by atoms with E-state index in [1.165, 1.54) is 7.11 Å². The molecule has 2 N–H and O–H groups in total. The third-order valence-electron chi connectivity index (χ3n) is 3.38. The molecular formula is C13H25O8P. The minimum Gasteiger partial charge on any atom is -0.469 e. The van der Waals surface area contributed by atoms with Crippen molar-refractivity contribution in [3.05, 3.63) is 0 Å². The van der Waals surface area contributed by atoms with Crippen molar-refractivity contribution in [2.75, 3.05) is 20.3 Å². The van der Waals surface area contributed by atoms with Crippen LogP contribution in [0.3, 0.4) is 0 Å². The van der Waals surface area contributed by atoms with Crippen LogP contribution in [-0.2, 0) is 28.2 Å². The Balaban J connectivity index is 4.33. The minimum absolute atomic E-state index is 0.135. The van der Waals surface area contributed by atoms with Crippen LogP contribution in [0.4, 0.5) is 0 Å². The summed E-state index contributed by atoms with van der Waals surface area (Å²) in [5, 5.41) is 0. The summed E-state index contributed by atoms with van der Waals surface area (Å²) in [6.45, 7) is 6.33. The second-order valence-corrected chi connectivity index (χ2v) is 7.08. The maximum absolute atomic E-state index is 11.8. The highest BCUT2D eigenvalue weighted by Crippen LogP contribution is 2.35. The molecule has 0 amide bonds. The number of carbonyl (C=O) groups is 2. The third-order valence-corrected chi connectivity index (χ3v) is 3.90. The first-order valence-electron chi connectivity index (χ1n) is 6.86. The fraction of sp³-hybridized carbons (Fsp3) is 0.846. The molecule has 0 radical (unpaired) electrons. The molecule has 0 saturated carbocycles. The lowest BCUT2D eigenvalue weighted by atomic mass is 9.79. The highest BCUT2D eigenvalue weighted by molar-refractivity contribution is 7.46. The van der Waals surface area contributed by atoms with Gasteiger partial charge in [0.15, 0.2) is 0 Å².